The molecule has 0 aliphatic rings. The molecule has 0 spiro atoms. The van der Waals surface area contributed by atoms with E-state index in [4.69, 9.17) is 21.1 Å². The molecule has 4 nitrogen and oxygen atoms in total. The third kappa shape index (κ3) is 3.83. The molecule has 5 heteroatoms. The summed E-state index contributed by atoms with van der Waals surface area (Å²) < 4.78 is 10.8. The van der Waals surface area contributed by atoms with Crippen molar-refractivity contribution in [3.8, 4) is 17.4 Å². The van der Waals surface area contributed by atoms with Gasteiger partial charge in [-0.3, -0.25) is 0 Å². The van der Waals surface area contributed by atoms with Crippen molar-refractivity contribution in [2.45, 2.75) is 19.8 Å². The molecular formula is C14H15ClN2O2. The van der Waals surface area contributed by atoms with Crippen LogP contribution < -0.4 is 9.47 Å². The van der Waals surface area contributed by atoms with Gasteiger partial charge < -0.3 is 9.47 Å². The van der Waals surface area contributed by atoms with E-state index in [-0.39, 0.29) is 0 Å². The Hall–Kier alpha value is -1.81. The molecule has 0 radical (unpaired) electrons. The van der Waals surface area contributed by atoms with Gasteiger partial charge in [0.15, 0.2) is 0 Å². The lowest BCUT2D eigenvalue weighted by molar-refractivity contribution is 0.407. The van der Waals surface area contributed by atoms with Gasteiger partial charge in [-0.25, -0.2) is 4.98 Å². The predicted molar refractivity (Wildman–Crippen MR) is 74.1 cm³/mol. The second kappa shape index (κ2) is 6.38. The molecule has 0 saturated heterocycles. The van der Waals surface area contributed by atoms with Gasteiger partial charge in [-0.05, 0) is 18.6 Å². The molecule has 0 bridgehead atoms. The van der Waals surface area contributed by atoms with Gasteiger partial charge >= 0.3 is 0 Å². The van der Waals surface area contributed by atoms with Crippen LogP contribution in [0.25, 0.3) is 0 Å². The van der Waals surface area contributed by atoms with Gasteiger partial charge in [0.05, 0.1) is 7.11 Å². The van der Waals surface area contributed by atoms with Crippen molar-refractivity contribution in [1.82, 2.24) is 9.97 Å². The minimum absolute atomic E-state index is 0.386. The molecule has 1 aromatic heterocycles. The highest BCUT2D eigenvalue weighted by atomic mass is 35.5. The summed E-state index contributed by atoms with van der Waals surface area (Å²) in [5, 5.41) is 0.386. The Bertz CT molecular complexity index is 561. The fraction of sp³-hybridized carbons (Fsp3) is 0.286. The van der Waals surface area contributed by atoms with Crippen molar-refractivity contribution < 1.29 is 9.47 Å². The zero-order valence-corrected chi connectivity index (χ0v) is 11.6. The monoisotopic (exact) mass is 278 g/mol. The summed E-state index contributed by atoms with van der Waals surface area (Å²) in [4.78, 5) is 8.46. The quantitative estimate of drug-likeness (QED) is 0.779. The van der Waals surface area contributed by atoms with Crippen LogP contribution in [0.3, 0.4) is 0 Å². The third-order valence-electron chi connectivity index (χ3n) is 2.45. The summed E-state index contributed by atoms with van der Waals surface area (Å²) in [6.45, 7) is 2.06. The summed E-state index contributed by atoms with van der Waals surface area (Å²) in [6, 6.07) is 8.92. The summed E-state index contributed by atoms with van der Waals surface area (Å²) in [7, 11) is 1.61. The predicted octanol–water partition coefficient (Wildman–Crippen LogP) is 3.88. The molecule has 1 aromatic carbocycles. The van der Waals surface area contributed by atoms with Gasteiger partial charge in [0.25, 0.3) is 0 Å². The first kappa shape index (κ1) is 13.6. The van der Waals surface area contributed by atoms with Crippen molar-refractivity contribution >= 4 is 11.6 Å². The van der Waals surface area contributed by atoms with E-state index in [1.54, 1.807) is 19.2 Å². The first-order valence-electron chi connectivity index (χ1n) is 6.06. The smallest absolute Gasteiger partial charge is 0.224 e. The molecule has 0 amide bonds. The van der Waals surface area contributed by atoms with Crippen LogP contribution in [0, 0.1) is 0 Å². The molecule has 1 heterocycles. The van der Waals surface area contributed by atoms with Gasteiger partial charge in [-0.15, -0.1) is 0 Å². The molecule has 100 valence electrons. The van der Waals surface area contributed by atoms with Gasteiger partial charge in [0.2, 0.25) is 5.88 Å². The van der Waals surface area contributed by atoms with Crippen LogP contribution in [0.5, 0.6) is 17.4 Å². The van der Waals surface area contributed by atoms with Crippen molar-refractivity contribution in [1.29, 1.82) is 0 Å². The Morgan fingerprint density at radius 1 is 1.16 bits per heavy atom. The molecule has 2 aromatic rings. The highest BCUT2D eigenvalue weighted by Gasteiger charge is 2.05. The minimum atomic E-state index is 0.386. The maximum atomic E-state index is 5.95. The molecule has 0 aliphatic heterocycles. The summed E-state index contributed by atoms with van der Waals surface area (Å²) in [5.41, 5.74) is 0. The van der Waals surface area contributed by atoms with Gasteiger partial charge in [0.1, 0.15) is 22.5 Å². The minimum Gasteiger partial charge on any atom is -0.497 e. The third-order valence-corrected chi connectivity index (χ3v) is 2.65. The first-order chi connectivity index (χ1) is 9.21. The van der Waals surface area contributed by atoms with Crippen molar-refractivity contribution in [2.75, 3.05) is 7.11 Å². The second-order valence-corrected chi connectivity index (χ2v) is 4.36. The SMILES string of the molecule is CCCc1nc(Cl)cc(Oc2cccc(OC)c2)n1. The fourth-order valence-corrected chi connectivity index (χ4v) is 1.81. The number of methoxy groups -OCH3 is 1. The number of hydrogen-bond donors (Lipinski definition) is 0. The highest BCUT2D eigenvalue weighted by Crippen LogP contribution is 2.25. The van der Waals surface area contributed by atoms with E-state index in [1.807, 2.05) is 18.2 Å². The number of aromatic nitrogens is 2. The van der Waals surface area contributed by atoms with Crippen molar-refractivity contribution in [3.05, 3.63) is 41.3 Å². The van der Waals surface area contributed by atoms with Crippen LogP contribution in [0.4, 0.5) is 0 Å². The molecular weight excluding hydrogens is 264 g/mol. The number of ether oxygens (including phenoxy) is 2. The topological polar surface area (TPSA) is 44.2 Å². The van der Waals surface area contributed by atoms with Crippen LogP contribution >= 0.6 is 11.6 Å². The van der Waals surface area contributed by atoms with Crippen LogP contribution in [0.15, 0.2) is 30.3 Å². The zero-order valence-electron chi connectivity index (χ0n) is 10.9. The number of rotatable bonds is 5. The second-order valence-electron chi connectivity index (χ2n) is 3.98. The van der Waals surface area contributed by atoms with Crippen LogP contribution in [0.2, 0.25) is 5.15 Å². The Morgan fingerprint density at radius 2 is 1.95 bits per heavy atom. The maximum absolute atomic E-state index is 5.95. The summed E-state index contributed by atoms with van der Waals surface area (Å²) in [6.07, 6.45) is 1.73. The van der Waals surface area contributed by atoms with E-state index < -0.39 is 0 Å². The van der Waals surface area contributed by atoms with Crippen LogP contribution in [-0.4, -0.2) is 17.1 Å². The Balaban J connectivity index is 2.22. The normalized spacial score (nSPS) is 10.3. The maximum Gasteiger partial charge on any atom is 0.224 e. The Kier molecular flexibility index (Phi) is 4.58. The molecule has 19 heavy (non-hydrogen) atoms. The van der Waals surface area contributed by atoms with Gasteiger partial charge in [0, 0.05) is 18.6 Å². The molecule has 0 atom stereocenters. The summed E-state index contributed by atoms with van der Waals surface area (Å²) in [5.74, 6) is 2.51. The van der Waals surface area contributed by atoms with Crippen LogP contribution in [0.1, 0.15) is 19.2 Å². The van der Waals surface area contributed by atoms with E-state index in [0.717, 1.165) is 18.6 Å². The van der Waals surface area contributed by atoms with Crippen molar-refractivity contribution in [3.63, 3.8) is 0 Å². The number of benzene rings is 1. The lowest BCUT2D eigenvalue weighted by Gasteiger charge is -2.08. The number of hydrogen-bond acceptors (Lipinski definition) is 4. The zero-order chi connectivity index (χ0) is 13.7. The van der Waals surface area contributed by atoms with Gasteiger partial charge in [-0.2, -0.15) is 4.98 Å². The largest absolute Gasteiger partial charge is 0.497 e. The molecule has 0 saturated carbocycles. The van der Waals surface area contributed by atoms with E-state index in [0.29, 0.717) is 22.6 Å². The molecule has 0 N–H and O–H groups in total. The average Bonchev–Trinajstić information content (AvgIpc) is 2.38. The number of aryl methyl sites for hydroxylation is 1. The van der Waals surface area contributed by atoms with E-state index in [2.05, 4.69) is 16.9 Å². The molecule has 0 aliphatic carbocycles. The fourth-order valence-electron chi connectivity index (χ4n) is 1.62. The Morgan fingerprint density at radius 3 is 2.68 bits per heavy atom. The molecule has 2 rings (SSSR count). The lowest BCUT2D eigenvalue weighted by atomic mass is 10.3. The standard InChI is InChI=1S/C14H15ClN2O2/c1-3-5-13-16-12(15)9-14(17-13)19-11-7-4-6-10(8-11)18-2/h4,6-9H,3,5H2,1-2H3. The number of nitrogens with zero attached hydrogens (tertiary/aromatic N) is 2. The highest BCUT2D eigenvalue weighted by molar-refractivity contribution is 6.29. The summed E-state index contributed by atoms with van der Waals surface area (Å²) >= 11 is 5.95. The van der Waals surface area contributed by atoms with E-state index >= 15 is 0 Å². The first-order valence-corrected chi connectivity index (χ1v) is 6.44. The average molecular weight is 279 g/mol. The van der Waals surface area contributed by atoms with E-state index in [9.17, 15) is 0 Å². The van der Waals surface area contributed by atoms with Crippen molar-refractivity contribution in [2.24, 2.45) is 0 Å². The number of halogens is 1. The lowest BCUT2D eigenvalue weighted by Crippen LogP contribution is -1.97. The van der Waals surface area contributed by atoms with E-state index in [1.165, 1.54) is 0 Å². The van der Waals surface area contributed by atoms with Gasteiger partial charge in [-0.1, -0.05) is 24.6 Å². The molecule has 0 unspecified atom stereocenters. The Labute approximate surface area is 117 Å². The molecule has 0 fully saturated rings. The van der Waals surface area contributed by atoms with Crippen LogP contribution in [-0.2, 0) is 6.42 Å².